The summed E-state index contributed by atoms with van der Waals surface area (Å²) in [5.74, 6) is 0.570. The highest BCUT2D eigenvalue weighted by atomic mass is 32.2. The molecule has 6 rings (SSSR count). The Morgan fingerprint density at radius 3 is 2.54 bits per heavy atom. The standard InChI is InChI=1S/C25H27N3O5S2/c1-5-25(2)18-12-9-13(19(18)34-21-20(25)35-24(31)27-21)17-16(12)22(29)28(23(17)30)26-10-11-6-7-14(32-3)15(8-11)33-4/h6-8,10,12-13,16-19H,5,9H2,1-4H3,(H,27,31)/b26-10-/t12-,13-,16+,17+,18-,19-,25-/m0/s1. The largest absolute Gasteiger partial charge is 0.493 e. The van der Waals surface area contributed by atoms with Crippen molar-refractivity contribution in [3.8, 4) is 11.5 Å². The number of hydrazone groups is 1. The van der Waals surface area contributed by atoms with E-state index in [-0.39, 0.29) is 56.9 Å². The second kappa shape index (κ2) is 7.96. The molecule has 2 bridgehead atoms. The number of H-pyrrole nitrogens is 1. The number of nitrogens with one attached hydrogen (secondary N) is 1. The number of ether oxygens (including phenoxy) is 2. The average molecular weight is 514 g/mol. The van der Waals surface area contributed by atoms with Gasteiger partial charge in [-0.15, -0.1) is 11.8 Å². The Hall–Kier alpha value is -2.59. The van der Waals surface area contributed by atoms with Crippen LogP contribution < -0.4 is 14.3 Å². The number of fused-ring (bicyclic) bond motifs is 9. The zero-order valence-electron chi connectivity index (χ0n) is 19.9. The van der Waals surface area contributed by atoms with Gasteiger partial charge in [-0.1, -0.05) is 25.2 Å². The number of rotatable bonds is 5. The number of carbonyl (C=O) groups is 2. The summed E-state index contributed by atoms with van der Waals surface area (Å²) in [4.78, 5) is 43.3. The number of thiazole rings is 1. The molecule has 10 heteroatoms. The van der Waals surface area contributed by atoms with Crippen molar-refractivity contribution >= 4 is 41.1 Å². The molecule has 2 saturated carbocycles. The minimum Gasteiger partial charge on any atom is -0.493 e. The Balaban J connectivity index is 1.31. The zero-order chi connectivity index (χ0) is 24.6. The van der Waals surface area contributed by atoms with Gasteiger partial charge in [0.1, 0.15) is 0 Å². The fourth-order valence-corrected chi connectivity index (χ4v) is 10.2. The molecule has 3 fully saturated rings. The van der Waals surface area contributed by atoms with Crippen LogP contribution >= 0.6 is 23.1 Å². The maximum absolute atomic E-state index is 13.5. The molecule has 2 aliphatic carbocycles. The molecule has 0 spiro atoms. The van der Waals surface area contributed by atoms with Crippen LogP contribution in [0.3, 0.4) is 0 Å². The highest BCUT2D eigenvalue weighted by Gasteiger charge is 2.71. The van der Waals surface area contributed by atoms with E-state index in [2.05, 4.69) is 23.9 Å². The van der Waals surface area contributed by atoms with E-state index in [1.54, 1.807) is 44.2 Å². The monoisotopic (exact) mass is 513 g/mol. The van der Waals surface area contributed by atoms with Crippen LogP contribution in [0.4, 0.5) is 0 Å². The predicted molar refractivity (Wildman–Crippen MR) is 133 cm³/mol. The first-order chi connectivity index (χ1) is 16.8. The second-order valence-corrected chi connectivity index (χ2v) is 12.2. The molecule has 1 N–H and O–H groups in total. The van der Waals surface area contributed by atoms with E-state index in [1.807, 2.05) is 0 Å². The van der Waals surface area contributed by atoms with Crippen LogP contribution in [0, 0.1) is 29.6 Å². The van der Waals surface area contributed by atoms with Gasteiger partial charge < -0.3 is 14.5 Å². The van der Waals surface area contributed by atoms with Crippen LogP contribution in [0.15, 0.2) is 33.1 Å². The van der Waals surface area contributed by atoms with Crippen LogP contribution in [0.5, 0.6) is 11.5 Å². The van der Waals surface area contributed by atoms with E-state index in [0.29, 0.717) is 17.1 Å². The Morgan fingerprint density at radius 1 is 1.14 bits per heavy atom. The quantitative estimate of drug-likeness (QED) is 0.485. The van der Waals surface area contributed by atoms with E-state index in [4.69, 9.17) is 9.47 Å². The summed E-state index contributed by atoms with van der Waals surface area (Å²) in [6.45, 7) is 4.39. The lowest BCUT2D eigenvalue weighted by Gasteiger charge is -2.48. The van der Waals surface area contributed by atoms with Gasteiger partial charge in [0.15, 0.2) is 11.5 Å². The lowest BCUT2D eigenvalue weighted by Crippen LogP contribution is -2.49. The number of hydrogen-bond acceptors (Lipinski definition) is 8. The highest BCUT2D eigenvalue weighted by molar-refractivity contribution is 8.00. The molecule has 7 atom stereocenters. The smallest absolute Gasteiger partial charge is 0.305 e. The number of aromatic amines is 1. The van der Waals surface area contributed by atoms with Crippen LogP contribution in [-0.2, 0) is 15.0 Å². The number of imide groups is 1. The Kier molecular flexibility index (Phi) is 5.20. The Bertz CT molecular complexity index is 1320. The lowest BCUT2D eigenvalue weighted by molar-refractivity contribution is -0.140. The van der Waals surface area contributed by atoms with Crippen molar-refractivity contribution in [2.75, 3.05) is 14.2 Å². The summed E-state index contributed by atoms with van der Waals surface area (Å²) in [5, 5.41) is 6.60. The molecule has 35 heavy (non-hydrogen) atoms. The van der Waals surface area contributed by atoms with Crippen molar-refractivity contribution in [3.63, 3.8) is 0 Å². The number of amides is 2. The molecule has 0 radical (unpaired) electrons. The third kappa shape index (κ3) is 3.05. The number of carbonyl (C=O) groups excluding carboxylic acids is 2. The topological polar surface area (TPSA) is 101 Å². The fourth-order valence-electron chi connectivity index (χ4n) is 7.05. The lowest BCUT2D eigenvalue weighted by atomic mass is 9.62. The molecule has 1 aromatic carbocycles. The van der Waals surface area contributed by atoms with Crippen LogP contribution in [-0.4, -0.2) is 47.5 Å². The SMILES string of the molecule is CC[C@]1(C)c2sc(=O)[nH]c2S[C@H]2[C@H]3C[C@@H]([C@H]4C(=O)N(/N=C\c5ccc(OC)c(OC)c5)C(=O)[C@H]34)[C@@H]21. The van der Waals surface area contributed by atoms with Gasteiger partial charge >= 0.3 is 4.87 Å². The van der Waals surface area contributed by atoms with Crippen molar-refractivity contribution < 1.29 is 19.1 Å². The number of methoxy groups -OCH3 is 2. The summed E-state index contributed by atoms with van der Waals surface area (Å²) in [6, 6.07) is 5.33. The van der Waals surface area contributed by atoms with Gasteiger partial charge in [-0.3, -0.25) is 14.4 Å². The minimum absolute atomic E-state index is 0.0301. The van der Waals surface area contributed by atoms with Gasteiger partial charge in [-0.2, -0.15) is 10.1 Å². The van der Waals surface area contributed by atoms with E-state index >= 15 is 0 Å². The van der Waals surface area contributed by atoms with Gasteiger partial charge in [0, 0.05) is 15.5 Å². The third-order valence-corrected chi connectivity index (χ3v) is 11.4. The second-order valence-electron chi connectivity index (χ2n) is 10.0. The maximum atomic E-state index is 13.5. The summed E-state index contributed by atoms with van der Waals surface area (Å²) in [7, 11) is 3.12. The summed E-state index contributed by atoms with van der Waals surface area (Å²) in [6.07, 6.45) is 3.30. The summed E-state index contributed by atoms with van der Waals surface area (Å²) < 4.78 is 10.6. The van der Waals surface area contributed by atoms with E-state index in [0.717, 1.165) is 27.8 Å². The molecule has 3 heterocycles. The highest BCUT2D eigenvalue weighted by Crippen LogP contribution is 2.69. The number of benzene rings is 1. The van der Waals surface area contributed by atoms with Gasteiger partial charge in [-0.05, 0) is 54.4 Å². The maximum Gasteiger partial charge on any atom is 0.305 e. The van der Waals surface area contributed by atoms with E-state index < -0.39 is 0 Å². The first kappa shape index (κ1) is 22.8. The first-order valence-electron chi connectivity index (χ1n) is 11.9. The predicted octanol–water partition coefficient (Wildman–Crippen LogP) is 3.50. The van der Waals surface area contributed by atoms with Crippen molar-refractivity contribution in [1.82, 2.24) is 9.99 Å². The van der Waals surface area contributed by atoms with Gasteiger partial charge in [0.25, 0.3) is 11.8 Å². The molecule has 184 valence electrons. The van der Waals surface area contributed by atoms with Crippen LogP contribution in [0.25, 0.3) is 0 Å². The van der Waals surface area contributed by atoms with Gasteiger partial charge in [0.05, 0.1) is 37.3 Å². The van der Waals surface area contributed by atoms with Crippen molar-refractivity contribution in [2.45, 2.75) is 42.4 Å². The number of nitrogens with zero attached hydrogens (tertiary/aromatic N) is 2. The molecule has 2 aliphatic heterocycles. The molecular formula is C25H27N3O5S2. The molecule has 1 saturated heterocycles. The molecule has 2 aromatic rings. The first-order valence-corrected chi connectivity index (χ1v) is 13.6. The molecule has 8 nitrogen and oxygen atoms in total. The van der Waals surface area contributed by atoms with E-state index in [1.165, 1.54) is 17.6 Å². The van der Waals surface area contributed by atoms with Crippen LogP contribution in [0.2, 0.25) is 0 Å². The molecular weight excluding hydrogens is 486 g/mol. The third-order valence-electron chi connectivity index (χ3n) is 8.67. The van der Waals surface area contributed by atoms with Crippen LogP contribution in [0.1, 0.15) is 37.1 Å². The number of hydrogen-bond donors (Lipinski definition) is 1. The van der Waals surface area contributed by atoms with Crippen molar-refractivity contribution in [3.05, 3.63) is 38.3 Å². The minimum atomic E-state index is -0.336. The van der Waals surface area contributed by atoms with Gasteiger partial charge in [-0.25, -0.2) is 0 Å². The van der Waals surface area contributed by atoms with Gasteiger partial charge in [0.2, 0.25) is 0 Å². The number of thioether (sulfide) groups is 1. The fraction of sp³-hybridized carbons (Fsp3) is 0.520. The zero-order valence-corrected chi connectivity index (χ0v) is 21.6. The molecule has 2 amide bonds. The van der Waals surface area contributed by atoms with Crippen molar-refractivity contribution in [1.29, 1.82) is 0 Å². The Labute approximate surface area is 211 Å². The Morgan fingerprint density at radius 2 is 1.86 bits per heavy atom. The molecule has 1 aromatic heterocycles. The van der Waals surface area contributed by atoms with Crippen molar-refractivity contribution in [2.24, 2.45) is 34.7 Å². The average Bonchev–Trinajstić information content (AvgIpc) is 3.59. The molecule has 0 unspecified atom stereocenters. The number of aromatic nitrogens is 1. The molecule has 4 aliphatic rings. The summed E-state index contributed by atoms with van der Waals surface area (Å²) >= 11 is 3.01. The normalized spacial score (nSPS) is 34.9. The van der Waals surface area contributed by atoms with E-state index in [9.17, 15) is 14.4 Å². The summed E-state index contributed by atoms with van der Waals surface area (Å²) in [5.41, 5.74) is 0.526.